The van der Waals surface area contributed by atoms with Crippen LogP contribution >= 0.6 is 0 Å². The maximum atomic E-state index is 12.2. The number of carbonyl (C=O) groups is 1. The van der Waals surface area contributed by atoms with Crippen molar-refractivity contribution >= 4 is 11.6 Å². The zero-order chi connectivity index (χ0) is 14.2. The van der Waals surface area contributed by atoms with E-state index in [1.807, 2.05) is 5.32 Å². The van der Waals surface area contributed by atoms with Gasteiger partial charge in [0.15, 0.2) is 0 Å². The molecule has 0 heterocycles. The van der Waals surface area contributed by atoms with Gasteiger partial charge in [0, 0.05) is 11.6 Å². The highest BCUT2D eigenvalue weighted by atomic mass is 19.4. The molecular formula is C11H9F3N2O3. The average molecular weight is 274 g/mol. The molecule has 1 aliphatic rings. The summed E-state index contributed by atoms with van der Waals surface area (Å²) in [6, 6.07) is 3.36. The van der Waals surface area contributed by atoms with E-state index >= 15 is 0 Å². The van der Waals surface area contributed by atoms with E-state index in [-0.39, 0.29) is 18.5 Å². The number of hydrogen-bond acceptors (Lipinski definition) is 3. The van der Waals surface area contributed by atoms with E-state index in [4.69, 9.17) is 0 Å². The Morgan fingerprint density at radius 2 is 2.11 bits per heavy atom. The van der Waals surface area contributed by atoms with E-state index in [1.165, 1.54) is 18.2 Å². The Morgan fingerprint density at radius 3 is 2.68 bits per heavy atom. The highest BCUT2D eigenvalue weighted by molar-refractivity contribution is 5.82. The van der Waals surface area contributed by atoms with Crippen molar-refractivity contribution < 1.29 is 22.9 Å². The number of benzene rings is 1. The van der Waals surface area contributed by atoms with Crippen LogP contribution in [0.25, 0.3) is 0 Å². The third-order valence-corrected chi connectivity index (χ3v) is 3.01. The van der Waals surface area contributed by atoms with Gasteiger partial charge in [-0.25, -0.2) is 0 Å². The van der Waals surface area contributed by atoms with Crippen LogP contribution in [-0.4, -0.2) is 17.0 Å². The molecule has 1 aliphatic carbocycles. The first-order valence-corrected chi connectivity index (χ1v) is 5.44. The highest BCUT2D eigenvalue weighted by Gasteiger charge is 2.41. The van der Waals surface area contributed by atoms with Crippen molar-refractivity contribution in [3.05, 3.63) is 39.4 Å². The van der Waals surface area contributed by atoms with E-state index in [9.17, 15) is 28.1 Å². The molecule has 1 aromatic rings. The first kappa shape index (κ1) is 13.3. The van der Waals surface area contributed by atoms with Gasteiger partial charge >= 0.3 is 12.1 Å². The quantitative estimate of drug-likeness (QED) is 0.664. The zero-order valence-electron chi connectivity index (χ0n) is 9.53. The van der Waals surface area contributed by atoms with Crippen LogP contribution in [0.3, 0.4) is 0 Å². The van der Waals surface area contributed by atoms with Gasteiger partial charge in [-0.2, -0.15) is 13.2 Å². The molecule has 0 aromatic heterocycles. The van der Waals surface area contributed by atoms with Gasteiger partial charge in [0.2, 0.25) is 0 Å². The summed E-state index contributed by atoms with van der Waals surface area (Å²) in [5, 5.41) is 12.6. The number of alkyl halides is 3. The Kier molecular flexibility index (Phi) is 3.17. The molecule has 0 bridgehead atoms. The summed E-state index contributed by atoms with van der Waals surface area (Å²) in [4.78, 5) is 21.1. The number of hydrogen-bond donors (Lipinski definition) is 1. The van der Waals surface area contributed by atoms with Gasteiger partial charge in [0.25, 0.3) is 5.69 Å². The van der Waals surface area contributed by atoms with Crippen LogP contribution in [0, 0.1) is 10.1 Å². The van der Waals surface area contributed by atoms with Crippen molar-refractivity contribution in [2.75, 3.05) is 0 Å². The third kappa shape index (κ3) is 2.51. The first-order valence-electron chi connectivity index (χ1n) is 5.44. The Bertz CT molecular complexity index is 542. The van der Waals surface area contributed by atoms with E-state index in [1.54, 1.807) is 0 Å². The molecule has 0 aliphatic heterocycles. The minimum Gasteiger partial charge on any atom is -0.341 e. The van der Waals surface area contributed by atoms with Gasteiger partial charge in [-0.3, -0.25) is 14.9 Å². The second-order valence-electron chi connectivity index (χ2n) is 4.16. The van der Waals surface area contributed by atoms with Gasteiger partial charge in [-0.15, -0.1) is 0 Å². The Balaban J connectivity index is 2.26. The summed E-state index contributed by atoms with van der Waals surface area (Å²) >= 11 is 0. The molecule has 1 atom stereocenters. The summed E-state index contributed by atoms with van der Waals surface area (Å²) in [5.74, 6) is -2.03. The van der Waals surface area contributed by atoms with Crippen molar-refractivity contribution in [1.82, 2.24) is 5.32 Å². The maximum Gasteiger partial charge on any atom is 0.471 e. The van der Waals surface area contributed by atoms with Crippen LogP contribution in [0.15, 0.2) is 18.2 Å². The lowest BCUT2D eigenvalue weighted by molar-refractivity contribution is -0.385. The van der Waals surface area contributed by atoms with Crippen LogP contribution in [0.4, 0.5) is 18.9 Å². The summed E-state index contributed by atoms with van der Waals surface area (Å²) in [7, 11) is 0. The third-order valence-electron chi connectivity index (χ3n) is 3.01. The topological polar surface area (TPSA) is 72.2 Å². The number of nitro benzene ring substituents is 1. The fourth-order valence-electron chi connectivity index (χ4n) is 2.20. The van der Waals surface area contributed by atoms with E-state index in [0.717, 1.165) is 0 Å². The van der Waals surface area contributed by atoms with Crippen LogP contribution in [0.2, 0.25) is 0 Å². The molecule has 1 N–H and O–H groups in total. The lowest BCUT2D eigenvalue weighted by Gasteiger charge is -2.15. The SMILES string of the molecule is O=C(N[C@H]1CCc2c1cccc2[N+](=O)[O-])C(F)(F)F. The molecule has 0 unspecified atom stereocenters. The van der Waals surface area contributed by atoms with Crippen molar-refractivity contribution in [2.45, 2.75) is 25.1 Å². The predicted molar refractivity (Wildman–Crippen MR) is 58.4 cm³/mol. The van der Waals surface area contributed by atoms with Crippen molar-refractivity contribution in [2.24, 2.45) is 0 Å². The van der Waals surface area contributed by atoms with Gasteiger partial charge < -0.3 is 5.32 Å². The second-order valence-corrected chi connectivity index (χ2v) is 4.16. The molecule has 1 aromatic carbocycles. The Morgan fingerprint density at radius 1 is 1.42 bits per heavy atom. The molecule has 5 nitrogen and oxygen atoms in total. The van der Waals surface area contributed by atoms with Crippen LogP contribution in [0.5, 0.6) is 0 Å². The van der Waals surface area contributed by atoms with Gasteiger partial charge in [0.1, 0.15) is 0 Å². The maximum absolute atomic E-state index is 12.2. The number of halogens is 3. The molecule has 0 spiro atoms. The summed E-state index contributed by atoms with van der Waals surface area (Å²) in [6.07, 6.45) is -4.46. The molecule has 0 radical (unpaired) electrons. The van der Waals surface area contributed by atoms with Gasteiger partial charge in [-0.05, 0) is 18.4 Å². The van der Waals surface area contributed by atoms with Crippen molar-refractivity contribution in [3.63, 3.8) is 0 Å². The molecular weight excluding hydrogens is 265 g/mol. The number of nitro groups is 1. The predicted octanol–water partition coefficient (Wildman–Crippen LogP) is 2.26. The molecule has 2 rings (SSSR count). The monoisotopic (exact) mass is 274 g/mol. The molecule has 0 saturated carbocycles. The van der Waals surface area contributed by atoms with Crippen molar-refractivity contribution in [1.29, 1.82) is 0 Å². The van der Waals surface area contributed by atoms with Gasteiger partial charge in [0.05, 0.1) is 11.0 Å². The Labute approximate surface area is 105 Å². The molecule has 8 heteroatoms. The normalized spacial score (nSPS) is 17.9. The first-order chi connectivity index (χ1) is 8.80. The van der Waals surface area contributed by atoms with Crippen LogP contribution in [-0.2, 0) is 11.2 Å². The second kappa shape index (κ2) is 4.52. The van der Waals surface area contributed by atoms with Crippen molar-refractivity contribution in [3.8, 4) is 0 Å². The number of carbonyl (C=O) groups excluding carboxylic acids is 1. The van der Waals surface area contributed by atoms with Gasteiger partial charge in [-0.1, -0.05) is 12.1 Å². The molecule has 102 valence electrons. The standard InChI is InChI=1S/C11H9F3N2O3/c12-11(13,14)10(17)15-8-5-4-7-6(8)2-1-3-9(7)16(18)19/h1-3,8H,4-5H2,(H,15,17)/t8-/m0/s1. The smallest absolute Gasteiger partial charge is 0.341 e. The minimum atomic E-state index is -4.95. The van der Waals surface area contributed by atoms with Crippen LogP contribution < -0.4 is 5.32 Å². The largest absolute Gasteiger partial charge is 0.471 e. The lowest BCUT2D eigenvalue weighted by Crippen LogP contribution is -2.38. The number of nitrogens with one attached hydrogen (secondary N) is 1. The fourth-order valence-corrected chi connectivity index (χ4v) is 2.20. The molecule has 0 fully saturated rings. The number of rotatable bonds is 2. The lowest BCUT2D eigenvalue weighted by atomic mass is 10.1. The number of fused-ring (bicyclic) bond motifs is 1. The minimum absolute atomic E-state index is 0.124. The van der Waals surface area contributed by atoms with E-state index in [2.05, 4.69) is 0 Å². The summed E-state index contributed by atoms with van der Waals surface area (Å²) in [5.41, 5.74) is 0.646. The molecule has 19 heavy (non-hydrogen) atoms. The number of amides is 1. The average Bonchev–Trinajstić information content (AvgIpc) is 2.71. The highest BCUT2D eigenvalue weighted by Crippen LogP contribution is 2.37. The zero-order valence-corrected chi connectivity index (χ0v) is 9.53. The summed E-state index contributed by atoms with van der Waals surface area (Å²) < 4.78 is 36.5. The van der Waals surface area contributed by atoms with Crippen LogP contribution in [0.1, 0.15) is 23.6 Å². The number of nitrogens with zero attached hydrogens (tertiary/aromatic N) is 1. The summed E-state index contributed by atoms with van der Waals surface area (Å²) in [6.45, 7) is 0. The molecule has 1 amide bonds. The Hall–Kier alpha value is -2.12. The van der Waals surface area contributed by atoms with E-state index in [0.29, 0.717) is 11.1 Å². The fraction of sp³-hybridized carbons (Fsp3) is 0.364. The molecule has 0 saturated heterocycles. The van der Waals surface area contributed by atoms with E-state index < -0.39 is 23.0 Å².